The molecule has 114 valence electrons. The van der Waals surface area contributed by atoms with Crippen molar-refractivity contribution in [2.45, 2.75) is 43.7 Å². The van der Waals surface area contributed by atoms with E-state index in [9.17, 15) is 4.39 Å². The van der Waals surface area contributed by atoms with Crippen LogP contribution in [0.5, 0.6) is 0 Å². The summed E-state index contributed by atoms with van der Waals surface area (Å²) in [6.07, 6.45) is 3.10. The summed E-state index contributed by atoms with van der Waals surface area (Å²) in [6, 6.07) is 3.25. The molecule has 3 unspecified atom stereocenters. The second-order valence-electron chi connectivity index (χ2n) is 5.54. The Hall–Kier alpha value is -0.840. The molecule has 0 saturated heterocycles. The molecule has 0 radical (unpaired) electrons. The Labute approximate surface area is 133 Å². The van der Waals surface area contributed by atoms with Gasteiger partial charge in [-0.3, -0.25) is 0 Å². The number of hydrogen-bond donors (Lipinski definition) is 0. The van der Waals surface area contributed by atoms with Crippen LogP contribution in [0.4, 0.5) is 4.39 Å². The highest BCUT2D eigenvalue weighted by Crippen LogP contribution is 2.38. The number of rotatable bonds is 3. The van der Waals surface area contributed by atoms with Crippen LogP contribution in [0, 0.1) is 5.82 Å². The van der Waals surface area contributed by atoms with Gasteiger partial charge in [-0.15, -0.1) is 11.6 Å². The molecule has 1 aromatic carbocycles. The van der Waals surface area contributed by atoms with Gasteiger partial charge in [0.2, 0.25) is 0 Å². The van der Waals surface area contributed by atoms with Gasteiger partial charge in [0.1, 0.15) is 11.6 Å². The molecule has 1 aromatic heterocycles. The van der Waals surface area contributed by atoms with E-state index in [0.717, 1.165) is 30.6 Å². The van der Waals surface area contributed by atoms with Crippen molar-refractivity contribution in [2.24, 2.45) is 0 Å². The number of ether oxygens (including phenoxy) is 1. The molecule has 0 spiro atoms. The Morgan fingerprint density at radius 1 is 1.43 bits per heavy atom. The van der Waals surface area contributed by atoms with Crippen LogP contribution < -0.4 is 0 Å². The predicted molar refractivity (Wildman–Crippen MR) is 82.7 cm³/mol. The normalized spacial score (nSPS) is 23.9. The molecule has 1 saturated carbocycles. The number of fused-ring (bicyclic) bond motifs is 1. The Balaban J connectivity index is 2.14. The molecule has 1 heterocycles. The summed E-state index contributed by atoms with van der Waals surface area (Å²) in [6.45, 7) is 1.87. The number of imidazole rings is 1. The second-order valence-corrected chi connectivity index (χ2v) is 6.60. The van der Waals surface area contributed by atoms with E-state index in [1.165, 1.54) is 6.07 Å². The highest BCUT2D eigenvalue weighted by Gasteiger charge is 2.30. The number of hydrogen-bond acceptors (Lipinski definition) is 2. The fourth-order valence-corrected chi connectivity index (χ4v) is 3.45. The third-order valence-electron chi connectivity index (χ3n) is 4.17. The molecule has 0 amide bonds. The van der Waals surface area contributed by atoms with Gasteiger partial charge >= 0.3 is 0 Å². The van der Waals surface area contributed by atoms with Crippen LogP contribution in [0.3, 0.4) is 0 Å². The third-order valence-corrected chi connectivity index (χ3v) is 4.65. The Kier molecular flexibility index (Phi) is 4.12. The van der Waals surface area contributed by atoms with Crippen molar-refractivity contribution in [2.75, 3.05) is 7.11 Å². The number of aromatic nitrogens is 2. The van der Waals surface area contributed by atoms with Gasteiger partial charge in [-0.2, -0.15) is 0 Å². The van der Waals surface area contributed by atoms with Crippen molar-refractivity contribution < 1.29 is 9.13 Å². The van der Waals surface area contributed by atoms with E-state index < -0.39 is 5.82 Å². The number of nitrogens with zero attached hydrogens (tertiary/aromatic N) is 2. The molecule has 3 atom stereocenters. The first-order chi connectivity index (χ1) is 10.0. The first-order valence-electron chi connectivity index (χ1n) is 7.05. The van der Waals surface area contributed by atoms with E-state index in [1.807, 2.05) is 6.92 Å². The minimum absolute atomic E-state index is 0.0853. The van der Waals surface area contributed by atoms with Crippen LogP contribution in [0.15, 0.2) is 12.1 Å². The quantitative estimate of drug-likeness (QED) is 0.751. The van der Waals surface area contributed by atoms with Crippen molar-refractivity contribution in [3.63, 3.8) is 0 Å². The van der Waals surface area contributed by atoms with E-state index in [0.29, 0.717) is 5.52 Å². The largest absolute Gasteiger partial charge is 0.381 e. The van der Waals surface area contributed by atoms with Crippen LogP contribution in [0.2, 0.25) is 5.02 Å². The molecule has 1 aliphatic rings. The molecule has 1 fully saturated rings. The van der Waals surface area contributed by atoms with Crippen molar-refractivity contribution >= 4 is 34.2 Å². The minimum Gasteiger partial charge on any atom is -0.381 e. The van der Waals surface area contributed by atoms with Gasteiger partial charge in [0.15, 0.2) is 0 Å². The highest BCUT2D eigenvalue weighted by atomic mass is 35.5. The van der Waals surface area contributed by atoms with Crippen molar-refractivity contribution in [1.29, 1.82) is 0 Å². The topological polar surface area (TPSA) is 27.1 Å². The lowest BCUT2D eigenvalue weighted by molar-refractivity contribution is 0.106. The first kappa shape index (κ1) is 15.1. The number of benzene rings is 1. The van der Waals surface area contributed by atoms with E-state index in [4.69, 9.17) is 27.9 Å². The lowest BCUT2D eigenvalue weighted by Crippen LogP contribution is -2.12. The first-order valence-corrected chi connectivity index (χ1v) is 7.86. The van der Waals surface area contributed by atoms with Crippen LogP contribution in [-0.2, 0) is 4.74 Å². The fraction of sp³-hybridized carbons (Fsp3) is 0.533. The average molecular weight is 331 g/mol. The lowest BCUT2D eigenvalue weighted by atomic mass is 10.2. The summed E-state index contributed by atoms with van der Waals surface area (Å²) < 4.78 is 21.3. The van der Waals surface area contributed by atoms with Gasteiger partial charge in [0.05, 0.1) is 27.5 Å². The lowest BCUT2D eigenvalue weighted by Gasteiger charge is -2.18. The molecular weight excluding hydrogens is 314 g/mol. The van der Waals surface area contributed by atoms with Crippen LogP contribution in [-0.4, -0.2) is 22.8 Å². The van der Waals surface area contributed by atoms with E-state index in [2.05, 4.69) is 9.55 Å². The second kappa shape index (κ2) is 5.75. The molecule has 0 N–H and O–H groups in total. The summed E-state index contributed by atoms with van der Waals surface area (Å²) in [5.74, 6) is 0.329. The molecule has 1 aliphatic carbocycles. The minimum atomic E-state index is -0.430. The van der Waals surface area contributed by atoms with Crippen molar-refractivity contribution in [3.05, 3.63) is 28.8 Å². The van der Waals surface area contributed by atoms with Crippen molar-refractivity contribution in [3.8, 4) is 0 Å². The van der Waals surface area contributed by atoms with Gasteiger partial charge in [-0.1, -0.05) is 11.6 Å². The number of alkyl halides is 1. The summed E-state index contributed by atoms with van der Waals surface area (Å²) in [4.78, 5) is 4.55. The van der Waals surface area contributed by atoms with Crippen LogP contribution in [0.1, 0.15) is 43.4 Å². The van der Waals surface area contributed by atoms with Crippen LogP contribution in [0.25, 0.3) is 11.0 Å². The SMILES string of the molecule is COC1CCC(n2c(C(C)Cl)nc3cc(Cl)c(F)cc32)C1. The zero-order valence-electron chi connectivity index (χ0n) is 11.9. The van der Waals surface area contributed by atoms with E-state index in [-0.39, 0.29) is 22.5 Å². The average Bonchev–Trinajstić information content (AvgIpc) is 3.03. The Morgan fingerprint density at radius 3 is 2.81 bits per heavy atom. The molecule has 0 bridgehead atoms. The van der Waals surface area contributed by atoms with E-state index in [1.54, 1.807) is 13.2 Å². The van der Waals surface area contributed by atoms with E-state index >= 15 is 0 Å². The number of methoxy groups -OCH3 is 1. The summed E-state index contributed by atoms with van der Waals surface area (Å²) in [5.41, 5.74) is 1.44. The standard InChI is InChI=1S/C15H17Cl2FN2O/c1-8(16)15-19-13-6-11(17)12(18)7-14(13)20(15)9-3-4-10(5-9)21-2/h6-10H,3-5H2,1-2H3. The molecular formula is C15H17Cl2FN2O. The fourth-order valence-electron chi connectivity index (χ4n) is 3.14. The molecule has 3 rings (SSSR count). The molecule has 0 aliphatic heterocycles. The third kappa shape index (κ3) is 2.65. The van der Waals surface area contributed by atoms with Crippen molar-refractivity contribution in [1.82, 2.24) is 9.55 Å². The number of halogens is 3. The van der Waals surface area contributed by atoms with Gasteiger partial charge < -0.3 is 9.30 Å². The summed E-state index contributed by atoms with van der Waals surface area (Å²) in [7, 11) is 1.73. The summed E-state index contributed by atoms with van der Waals surface area (Å²) >= 11 is 12.1. The molecule has 3 nitrogen and oxygen atoms in total. The Bertz CT molecular complexity index is 671. The maximum absolute atomic E-state index is 13.8. The highest BCUT2D eigenvalue weighted by molar-refractivity contribution is 6.31. The van der Waals surface area contributed by atoms with Gasteiger partial charge in [0, 0.05) is 19.2 Å². The van der Waals surface area contributed by atoms with Crippen LogP contribution >= 0.6 is 23.2 Å². The molecule has 2 aromatic rings. The van der Waals surface area contributed by atoms with Gasteiger partial charge in [-0.25, -0.2) is 9.37 Å². The monoisotopic (exact) mass is 330 g/mol. The maximum Gasteiger partial charge on any atom is 0.144 e. The smallest absolute Gasteiger partial charge is 0.144 e. The van der Waals surface area contributed by atoms with Gasteiger partial charge in [0.25, 0.3) is 0 Å². The zero-order chi connectivity index (χ0) is 15.1. The zero-order valence-corrected chi connectivity index (χ0v) is 13.5. The van der Waals surface area contributed by atoms with Gasteiger partial charge in [-0.05, 0) is 32.3 Å². The molecule has 21 heavy (non-hydrogen) atoms. The Morgan fingerprint density at radius 2 is 2.19 bits per heavy atom. The summed E-state index contributed by atoms with van der Waals surface area (Å²) in [5, 5.41) is -0.164. The maximum atomic E-state index is 13.8. The molecule has 6 heteroatoms. The predicted octanol–water partition coefficient (Wildman–Crippen LogP) is 4.87.